The summed E-state index contributed by atoms with van der Waals surface area (Å²) in [5.41, 5.74) is 0. The van der Waals surface area contributed by atoms with Gasteiger partial charge in [-0.3, -0.25) is 4.90 Å². The van der Waals surface area contributed by atoms with Crippen molar-refractivity contribution < 1.29 is 1.43 Å². The quantitative estimate of drug-likeness (QED) is 0.608. The van der Waals surface area contributed by atoms with Crippen LogP contribution in [-0.2, 0) is 0 Å². The number of likely N-dealkylation sites (N-methyl/N-ethyl adjacent to an activating group) is 2. The molecule has 3 heteroatoms. The maximum Gasteiger partial charge on any atom is 0.0110 e. The molecule has 0 aromatic rings. The van der Waals surface area contributed by atoms with E-state index >= 15 is 0 Å². The van der Waals surface area contributed by atoms with Gasteiger partial charge in [0.15, 0.2) is 0 Å². The van der Waals surface area contributed by atoms with Gasteiger partial charge >= 0.3 is 0 Å². The Bertz CT molecular complexity index is 113. The van der Waals surface area contributed by atoms with Crippen molar-refractivity contribution in [3.8, 4) is 0 Å². The van der Waals surface area contributed by atoms with Crippen molar-refractivity contribution >= 4 is 0 Å². The van der Waals surface area contributed by atoms with E-state index in [2.05, 4.69) is 29.1 Å². The average Bonchev–Trinajstić information content (AvgIpc) is 2.09. The lowest BCUT2D eigenvalue weighted by Crippen LogP contribution is -2.46. The molecule has 12 heavy (non-hydrogen) atoms. The smallest absolute Gasteiger partial charge is 0.0110 e. The Hall–Kier alpha value is -0.120. The van der Waals surface area contributed by atoms with Crippen LogP contribution in [0, 0.1) is 0 Å². The molecule has 0 amide bonds. The Balaban J connectivity index is 0.00000144. The van der Waals surface area contributed by atoms with E-state index in [1.54, 1.807) is 0 Å². The first-order chi connectivity index (χ1) is 5.83. The second-order valence-corrected chi connectivity index (χ2v) is 3.50. The third-order valence-electron chi connectivity index (χ3n) is 2.45. The fourth-order valence-corrected chi connectivity index (χ4v) is 1.49. The van der Waals surface area contributed by atoms with Crippen molar-refractivity contribution in [1.29, 1.82) is 0 Å². The molecule has 1 fully saturated rings. The molecule has 0 atom stereocenters. The Labute approximate surface area is 77.2 Å². The zero-order chi connectivity index (χ0) is 8.81. The number of nitrogens with zero attached hydrogens (tertiary/aromatic N) is 2. The third kappa shape index (κ3) is 3.52. The van der Waals surface area contributed by atoms with E-state index in [1.165, 1.54) is 32.7 Å². The van der Waals surface area contributed by atoms with Crippen molar-refractivity contribution in [1.82, 2.24) is 15.1 Å². The molecule has 3 nitrogen and oxygen atoms in total. The van der Waals surface area contributed by atoms with Crippen molar-refractivity contribution in [2.75, 3.05) is 52.9 Å². The zero-order valence-electron chi connectivity index (χ0n) is 8.34. The number of rotatable bonds is 4. The molecule has 1 heterocycles. The van der Waals surface area contributed by atoms with Crippen LogP contribution in [0.25, 0.3) is 0 Å². The van der Waals surface area contributed by atoms with E-state index in [1.807, 2.05) is 0 Å². The van der Waals surface area contributed by atoms with Gasteiger partial charge in [0.25, 0.3) is 0 Å². The van der Waals surface area contributed by atoms with Crippen LogP contribution in [0.15, 0.2) is 0 Å². The molecular formula is C9H23N3. The maximum absolute atomic E-state index is 3.35. The molecule has 0 aliphatic carbocycles. The van der Waals surface area contributed by atoms with Crippen LogP contribution in [0.1, 0.15) is 8.35 Å². The first-order valence-electron chi connectivity index (χ1n) is 4.94. The molecular weight excluding hydrogens is 150 g/mol. The zero-order valence-corrected chi connectivity index (χ0v) is 8.34. The van der Waals surface area contributed by atoms with Crippen LogP contribution < -0.4 is 5.32 Å². The molecule has 0 saturated carbocycles. The highest BCUT2D eigenvalue weighted by Gasteiger charge is 2.12. The van der Waals surface area contributed by atoms with Crippen LogP contribution in [0.2, 0.25) is 0 Å². The van der Waals surface area contributed by atoms with Gasteiger partial charge in [-0.2, -0.15) is 0 Å². The molecule has 74 valence electrons. The van der Waals surface area contributed by atoms with E-state index in [9.17, 15) is 0 Å². The largest absolute Gasteiger partial charge is 0.316 e. The highest BCUT2D eigenvalue weighted by atomic mass is 15.2. The van der Waals surface area contributed by atoms with Crippen molar-refractivity contribution in [2.45, 2.75) is 6.92 Å². The highest BCUT2D eigenvalue weighted by molar-refractivity contribution is 4.69. The lowest BCUT2D eigenvalue weighted by molar-refractivity contribution is 0.155. The molecule has 0 bridgehead atoms. The summed E-state index contributed by atoms with van der Waals surface area (Å²) in [7, 11) is 2.20. The molecule has 0 aromatic heterocycles. The number of piperazine rings is 1. The molecule has 1 N–H and O–H groups in total. The monoisotopic (exact) mass is 173 g/mol. The van der Waals surface area contributed by atoms with Crippen molar-refractivity contribution in [3.05, 3.63) is 0 Å². The lowest BCUT2D eigenvalue weighted by Gasteiger charge is -2.32. The Morgan fingerprint density at radius 2 is 1.92 bits per heavy atom. The van der Waals surface area contributed by atoms with E-state index in [0.29, 0.717) is 0 Å². The van der Waals surface area contributed by atoms with E-state index < -0.39 is 0 Å². The standard InChI is InChI=1S/C9H21N3.H2/c1-3-10-4-5-12-8-6-11(2)7-9-12;/h10H,3-9H2,1-2H3;1H. The summed E-state index contributed by atoms with van der Waals surface area (Å²) in [4.78, 5) is 4.92. The Kier molecular flexibility index (Phi) is 4.58. The number of hydrogen-bond donors (Lipinski definition) is 1. The van der Waals surface area contributed by atoms with Gasteiger partial charge in [-0.15, -0.1) is 0 Å². The first kappa shape index (κ1) is 9.96. The van der Waals surface area contributed by atoms with Crippen LogP contribution >= 0.6 is 0 Å². The van der Waals surface area contributed by atoms with Gasteiger partial charge in [-0.05, 0) is 13.6 Å². The summed E-state index contributed by atoms with van der Waals surface area (Å²) < 4.78 is 0. The second kappa shape index (κ2) is 5.51. The minimum Gasteiger partial charge on any atom is -0.316 e. The fraction of sp³-hybridized carbons (Fsp3) is 1.00. The predicted molar refractivity (Wildman–Crippen MR) is 54.6 cm³/mol. The molecule has 0 unspecified atom stereocenters. The van der Waals surface area contributed by atoms with Gasteiger partial charge in [-0.1, -0.05) is 6.92 Å². The summed E-state index contributed by atoms with van der Waals surface area (Å²) in [6.45, 7) is 10.5. The Morgan fingerprint density at radius 3 is 2.50 bits per heavy atom. The molecule has 0 spiro atoms. The number of nitrogens with one attached hydrogen (secondary N) is 1. The van der Waals surface area contributed by atoms with E-state index in [4.69, 9.17) is 0 Å². The minimum absolute atomic E-state index is 0. The summed E-state index contributed by atoms with van der Waals surface area (Å²) in [6.07, 6.45) is 0. The summed E-state index contributed by atoms with van der Waals surface area (Å²) in [6, 6.07) is 0. The van der Waals surface area contributed by atoms with Crippen LogP contribution in [0.5, 0.6) is 0 Å². The summed E-state index contributed by atoms with van der Waals surface area (Å²) in [5, 5.41) is 3.35. The average molecular weight is 173 g/mol. The maximum atomic E-state index is 3.35. The Morgan fingerprint density at radius 1 is 1.25 bits per heavy atom. The molecule has 1 aliphatic rings. The minimum atomic E-state index is 0. The lowest BCUT2D eigenvalue weighted by atomic mass is 10.3. The van der Waals surface area contributed by atoms with Crippen molar-refractivity contribution in [2.24, 2.45) is 0 Å². The fourth-order valence-electron chi connectivity index (χ4n) is 1.49. The summed E-state index contributed by atoms with van der Waals surface area (Å²) in [5.74, 6) is 0. The first-order valence-corrected chi connectivity index (χ1v) is 4.94. The molecule has 1 aliphatic heterocycles. The van der Waals surface area contributed by atoms with Gasteiger partial charge in [0.05, 0.1) is 0 Å². The van der Waals surface area contributed by atoms with Crippen LogP contribution in [-0.4, -0.2) is 62.7 Å². The van der Waals surface area contributed by atoms with Crippen LogP contribution in [0.3, 0.4) is 0 Å². The SMILES string of the molecule is CCNCCN1CCN(C)CC1.[HH]. The summed E-state index contributed by atoms with van der Waals surface area (Å²) >= 11 is 0. The normalized spacial score (nSPS) is 21.5. The molecule has 0 radical (unpaired) electrons. The van der Waals surface area contributed by atoms with E-state index in [-0.39, 0.29) is 1.43 Å². The van der Waals surface area contributed by atoms with E-state index in [0.717, 1.165) is 13.1 Å². The molecule has 1 saturated heterocycles. The van der Waals surface area contributed by atoms with Gasteiger partial charge in [-0.25, -0.2) is 0 Å². The topological polar surface area (TPSA) is 18.5 Å². The predicted octanol–water partition coefficient (Wildman–Crippen LogP) is 0.0893. The van der Waals surface area contributed by atoms with Gasteiger partial charge in [0, 0.05) is 40.7 Å². The second-order valence-electron chi connectivity index (χ2n) is 3.50. The molecule has 1 rings (SSSR count). The van der Waals surface area contributed by atoms with Crippen LogP contribution in [0.4, 0.5) is 0 Å². The van der Waals surface area contributed by atoms with Gasteiger partial charge in [0.2, 0.25) is 0 Å². The van der Waals surface area contributed by atoms with Crippen molar-refractivity contribution in [3.63, 3.8) is 0 Å². The molecule has 0 aromatic carbocycles. The van der Waals surface area contributed by atoms with Gasteiger partial charge < -0.3 is 10.2 Å². The van der Waals surface area contributed by atoms with Gasteiger partial charge in [0.1, 0.15) is 0 Å². The third-order valence-corrected chi connectivity index (χ3v) is 2.45. The highest BCUT2D eigenvalue weighted by Crippen LogP contribution is 1.97. The number of hydrogen-bond acceptors (Lipinski definition) is 3.